The smallest absolute Gasteiger partial charge is 0.343 e. The van der Waals surface area contributed by atoms with Crippen LogP contribution in [0.2, 0.25) is 6.55 Å². The standard InChI is InChI=1S/C19H25N3Si/c1-16-10-6-8-12-18(16)21-14-15-22(23(21,5)20(3)4)19-13-9-7-11-17(19)2/h6-15H,1-5H3. The zero-order chi connectivity index (χ0) is 16.6. The highest BCUT2D eigenvalue weighted by atomic mass is 28.4. The SMILES string of the molecule is Cc1ccccc1N1C=CN(c2ccccc2C)[Si]1(C)N(C)C. The summed E-state index contributed by atoms with van der Waals surface area (Å²) in [5.74, 6) is 0. The average Bonchev–Trinajstić information content (AvgIpc) is 2.87. The Hall–Kier alpha value is -2.04. The van der Waals surface area contributed by atoms with Gasteiger partial charge in [0.2, 0.25) is 0 Å². The summed E-state index contributed by atoms with van der Waals surface area (Å²) in [4.78, 5) is 0. The maximum absolute atomic E-state index is 2.48. The number of hydrogen-bond acceptors (Lipinski definition) is 3. The van der Waals surface area contributed by atoms with Gasteiger partial charge < -0.3 is 9.13 Å². The van der Waals surface area contributed by atoms with Crippen molar-refractivity contribution in [2.45, 2.75) is 20.4 Å². The largest absolute Gasteiger partial charge is 0.354 e. The van der Waals surface area contributed by atoms with Gasteiger partial charge in [0.25, 0.3) is 0 Å². The highest BCUT2D eigenvalue weighted by Crippen LogP contribution is 2.37. The summed E-state index contributed by atoms with van der Waals surface area (Å²) < 4.78 is 7.36. The molecule has 2 aromatic carbocycles. The third kappa shape index (κ3) is 2.48. The van der Waals surface area contributed by atoms with Crippen molar-refractivity contribution in [3.63, 3.8) is 0 Å². The quantitative estimate of drug-likeness (QED) is 0.783. The molecular formula is C19H25N3Si. The highest BCUT2D eigenvalue weighted by molar-refractivity contribution is 6.84. The van der Waals surface area contributed by atoms with Crippen LogP contribution in [0.25, 0.3) is 0 Å². The van der Waals surface area contributed by atoms with E-state index in [9.17, 15) is 0 Å². The molecule has 1 heterocycles. The number of hydrogen-bond donors (Lipinski definition) is 0. The van der Waals surface area contributed by atoms with Crippen molar-refractivity contribution >= 4 is 19.9 Å². The van der Waals surface area contributed by atoms with Gasteiger partial charge in [-0.05, 0) is 57.7 Å². The second-order valence-corrected chi connectivity index (χ2v) is 10.3. The normalized spacial score (nSPS) is 16.4. The van der Waals surface area contributed by atoms with Crippen LogP contribution in [-0.2, 0) is 0 Å². The minimum absolute atomic E-state index is 1.29. The maximum atomic E-state index is 2.48. The lowest BCUT2D eigenvalue weighted by atomic mass is 10.2. The fourth-order valence-electron chi connectivity index (χ4n) is 3.25. The number of nitrogens with zero attached hydrogens (tertiary/aromatic N) is 3. The van der Waals surface area contributed by atoms with E-state index in [4.69, 9.17) is 0 Å². The second kappa shape index (κ2) is 5.87. The molecule has 1 aliphatic rings. The average molecular weight is 324 g/mol. The van der Waals surface area contributed by atoms with Gasteiger partial charge in [0.1, 0.15) is 0 Å². The van der Waals surface area contributed by atoms with E-state index in [1.165, 1.54) is 22.5 Å². The van der Waals surface area contributed by atoms with Gasteiger partial charge in [0.05, 0.1) is 0 Å². The molecule has 0 saturated carbocycles. The van der Waals surface area contributed by atoms with Crippen molar-refractivity contribution in [3.8, 4) is 0 Å². The Morgan fingerprint density at radius 1 is 0.739 bits per heavy atom. The first-order valence-electron chi connectivity index (χ1n) is 8.02. The van der Waals surface area contributed by atoms with Crippen molar-refractivity contribution in [2.75, 3.05) is 23.2 Å². The van der Waals surface area contributed by atoms with Crippen LogP contribution in [0.4, 0.5) is 11.4 Å². The topological polar surface area (TPSA) is 9.72 Å². The van der Waals surface area contributed by atoms with Crippen molar-refractivity contribution in [3.05, 3.63) is 72.1 Å². The van der Waals surface area contributed by atoms with Crippen molar-refractivity contribution in [2.24, 2.45) is 0 Å². The van der Waals surface area contributed by atoms with Gasteiger partial charge in [-0.2, -0.15) is 0 Å². The monoisotopic (exact) mass is 323 g/mol. The Balaban J connectivity index is 2.11. The molecule has 0 aromatic heterocycles. The lowest BCUT2D eigenvalue weighted by Gasteiger charge is -2.45. The van der Waals surface area contributed by atoms with Gasteiger partial charge in [-0.3, -0.25) is 4.57 Å². The van der Waals surface area contributed by atoms with Crippen molar-refractivity contribution in [1.82, 2.24) is 4.57 Å². The maximum Gasteiger partial charge on any atom is 0.354 e. The summed E-state index contributed by atoms with van der Waals surface area (Å²) in [5, 5.41) is 0. The molecule has 0 spiro atoms. The molecule has 0 radical (unpaired) electrons. The second-order valence-electron chi connectivity index (χ2n) is 6.48. The zero-order valence-corrected chi connectivity index (χ0v) is 15.6. The summed E-state index contributed by atoms with van der Waals surface area (Å²) >= 11 is 0. The van der Waals surface area contributed by atoms with Gasteiger partial charge in [-0.1, -0.05) is 36.4 Å². The molecule has 0 atom stereocenters. The molecule has 0 saturated heterocycles. The number of para-hydroxylation sites is 2. The molecule has 0 bridgehead atoms. The van der Waals surface area contributed by atoms with E-state index in [1.54, 1.807) is 0 Å². The van der Waals surface area contributed by atoms with E-state index in [-0.39, 0.29) is 0 Å². The fraction of sp³-hybridized carbons (Fsp3) is 0.263. The molecule has 3 rings (SSSR count). The number of aryl methyl sites for hydroxylation is 2. The van der Waals surface area contributed by atoms with Gasteiger partial charge in [0.15, 0.2) is 0 Å². The minimum atomic E-state index is -2.08. The molecule has 1 aliphatic heterocycles. The van der Waals surface area contributed by atoms with Gasteiger partial charge >= 0.3 is 8.56 Å². The Morgan fingerprint density at radius 3 is 1.48 bits per heavy atom. The van der Waals surface area contributed by atoms with Gasteiger partial charge in [-0.25, -0.2) is 0 Å². The Bertz CT molecular complexity index is 683. The molecule has 3 nitrogen and oxygen atoms in total. The van der Waals surface area contributed by atoms with E-state index in [1.807, 2.05) is 0 Å². The van der Waals surface area contributed by atoms with Gasteiger partial charge in [0, 0.05) is 23.8 Å². The van der Waals surface area contributed by atoms with E-state index in [2.05, 4.69) is 109 Å². The van der Waals surface area contributed by atoms with Crippen LogP contribution in [0, 0.1) is 13.8 Å². The van der Waals surface area contributed by atoms with E-state index < -0.39 is 8.56 Å². The van der Waals surface area contributed by atoms with Crippen LogP contribution >= 0.6 is 0 Å². The third-order valence-corrected chi connectivity index (χ3v) is 9.17. The molecule has 0 N–H and O–H groups in total. The molecule has 0 unspecified atom stereocenters. The molecule has 4 heteroatoms. The molecule has 0 amide bonds. The molecule has 120 valence electrons. The Morgan fingerprint density at radius 2 is 1.13 bits per heavy atom. The first-order valence-corrected chi connectivity index (χ1v) is 10.4. The van der Waals surface area contributed by atoms with Crippen LogP contribution in [-0.4, -0.2) is 27.2 Å². The molecule has 2 aromatic rings. The first-order chi connectivity index (χ1) is 11.0. The van der Waals surface area contributed by atoms with Crippen LogP contribution < -0.4 is 9.13 Å². The lowest BCUT2D eigenvalue weighted by Crippen LogP contribution is -2.67. The van der Waals surface area contributed by atoms with Crippen LogP contribution in [0.1, 0.15) is 11.1 Å². The lowest BCUT2D eigenvalue weighted by molar-refractivity contribution is 0.612. The summed E-state index contributed by atoms with van der Waals surface area (Å²) in [6.07, 6.45) is 4.47. The zero-order valence-electron chi connectivity index (χ0n) is 14.6. The molecule has 0 fully saturated rings. The molecule has 0 aliphatic carbocycles. The fourth-order valence-corrected chi connectivity index (χ4v) is 6.45. The van der Waals surface area contributed by atoms with Crippen molar-refractivity contribution in [1.29, 1.82) is 0 Å². The summed E-state index contributed by atoms with van der Waals surface area (Å²) in [6, 6.07) is 17.3. The Labute approximate surface area is 140 Å². The number of anilines is 2. The van der Waals surface area contributed by atoms with E-state index in [0.717, 1.165) is 0 Å². The summed E-state index contributed by atoms with van der Waals surface area (Å²) in [6.45, 7) is 6.76. The predicted molar refractivity (Wildman–Crippen MR) is 102 cm³/mol. The Kier molecular flexibility index (Phi) is 4.04. The molecular weight excluding hydrogens is 298 g/mol. The number of benzene rings is 2. The van der Waals surface area contributed by atoms with Crippen LogP contribution in [0.5, 0.6) is 0 Å². The van der Waals surface area contributed by atoms with E-state index in [0.29, 0.717) is 0 Å². The van der Waals surface area contributed by atoms with E-state index >= 15 is 0 Å². The molecule has 23 heavy (non-hydrogen) atoms. The highest BCUT2D eigenvalue weighted by Gasteiger charge is 2.48. The van der Waals surface area contributed by atoms with Crippen molar-refractivity contribution < 1.29 is 0 Å². The minimum Gasteiger partial charge on any atom is -0.343 e. The van der Waals surface area contributed by atoms with Crippen LogP contribution in [0.3, 0.4) is 0 Å². The first kappa shape index (κ1) is 15.8. The van der Waals surface area contributed by atoms with Gasteiger partial charge in [-0.15, -0.1) is 0 Å². The summed E-state index contributed by atoms with van der Waals surface area (Å²) in [5.41, 5.74) is 5.21. The predicted octanol–water partition coefficient (Wildman–Crippen LogP) is 4.23. The number of rotatable bonds is 3. The third-order valence-electron chi connectivity index (χ3n) is 4.87. The van der Waals surface area contributed by atoms with Crippen LogP contribution in [0.15, 0.2) is 60.9 Å². The summed E-state index contributed by atoms with van der Waals surface area (Å²) in [7, 11) is 2.30.